The van der Waals surface area contributed by atoms with E-state index in [9.17, 15) is 10.2 Å². The average Bonchev–Trinajstić information content (AvgIpc) is 2.53. The second-order valence-electron chi connectivity index (χ2n) is 6.92. The molecule has 0 aliphatic rings. The Morgan fingerprint density at radius 2 is 1.46 bits per heavy atom. The molecule has 2 aromatic carbocycles. The number of ether oxygens (including phenoxy) is 1. The van der Waals surface area contributed by atoms with Gasteiger partial charge in [0.1, 0.15) is 24.2 Å². The first-order valence-corrected chi connectivity index (χ1v) is 8.14. The molecule has 0 spiro atoms. The summed E-state index contributed by atoms with van der Waals surface area (Å²) < 4.78 is 5.65. The van der Waals surface area contributed by atoms with Gasteiger partial charge in [-0.25, -0.2) is 0 Å². The molecule has 130 valence electrons. The number of aliphatic hydroxyl groups excluding tert-OH is 1. The molecule has 0 saturated heterocycles. The molecule has 1 unspecified atom stereocenters. The maximum atomic E-state index is 9.85. The number of benzene rings is 2. The van der Waals surface area contributed by atoms with E-state index in [1.165, 1.54) is 0 Å². The zero-order chi connectivity index (χ0) is 17.7. The van der Waals surface area contributed by atoms with Crippen LogP contribution >= 0.6 is 0 Å². The van der Waals surface area contributed by atoms with Crippen molar-refractivity contribution < 1.29 is 14.9 Å². The van der Waals surface area contributed by atoms with Crippen LogP contribution in [0.4, 0.5) is 0 Å². The molecule has 0 amide bonds. The third-order valence-electron chi connectivity index (χ3n) is 4.18. The number of aromatic hydroxyl groups is 1. The van der Waals surface area contributed by atoms with Gasteiger partial charge in [-0.3, -0.25) is 0 Å². The summed E-state index contributed by atoms with van der Waals surface area (Å²) in [5, 5.41) is 19.3. The highest BCUT2D eigenvalue weighted by Crippen LogP contribution is 2.33. The summed E-state index contributed by atoms with van der Waals surface area (Å²) in [6.45, 7) is 5.15. The lowest BCUT2D eigenvalue weighted by molar-refractivity contribution is 0.0831. The maximum Gasteiger partial charge on any atom is 0.119 e. The minimum atomic E-state index is -0.506. The van der Waals surface area contributed by atoms with Gasteiger partial charge in [0, 0.05) is 12.0 Å². The molecule has 0 saturated carbocycles. The minimum Gasteiger partial charge on any atom is -0.508 e. The van der Waals surface area contributed by atoms with E-state index in [-0.39, 0.29) is 17.8 Å². The standard InChI is InChI=1S/C20H27NO3/c1-20(2,15-5-9-17(22)10-6-15)16-7-11-19(12-8-16)24-14-18(23)13-21(3)4/h5-12,18,22-23H,13-14H2,1-4H3. The van der Waals surface area contributed by atoms with E-state index in [2.05, 4.69) is 13.8 Å². The van der Waals surface area contributed by atoms with Crippen LogP contribution in [0, 0.1) is 0 Å². The van der Waals surface area contributed by atoms with E-state index in [1.807, 2.05) is 55.4 Å². The van der Waals surface area contributed by atoms with Crippen molar-refractivity contribution in [2.24, 2.45) is 0 Å². The van der Waals surface area contributed by atoms with E-state index in [4.69, 9.17) is 4.74 Å². The Hall–Kier alpha value is -2.04. The van der Waals surface area contributed by atoms with Crippen molar-refractivity contribution in [1.29, 1.82) is 0 Å². The fourth-order valence-corrected chi connectivity index (χ4v) is 2.68. The molecule has 0 heterocycles. The summed E-state index contributed by atoms with van der Waals surface area (Å²) in [5.74, 6) is 1.02. The van der Waals surface area contributed by atoms with Crippen LogP contribution < -0.4 is 4.74 Å². The van der Waals surface area contributed by atoms with Gasteiger partial charge in [0.05, 0.1) is 0 Å². The zero-order valence-corrected chi connectivity index (χ0v) is 14.9. The molecule has 2 N–H and O–H groups in total. The van der Waals surface area contributed by atoms with Gasteiger partial charge in [0.25, 0.3) is 0 Å². The highest BCUT2D eigenvalue weighted by molar-refractivity contribution is 5.41. The van der Waals surface area contributed by atoms with Crippen molar-refractivity contribution in [3.63, 3.8) is 0 Å². The van der Waals surface area contributed by atoms with Crippen LogP contribution in [0.1, 0.15) is 25.0 Å². The first-order valence-electron chi connectivity index (χ1n) is 8.14. The summed E-state index contributed by atoms with van der Waals surface area (Å²) >= 11 is 0. The van der Waals surface area contributed by atoms with Crippen LogP contribution in [-0.4, -0.2) is 48.5 Å². The molecule has 2 aromatic rings. The number of likely N-dealkylation sites (N-methyl/N-ethyl adjacent to an activating group) is 1. The van der Waals surface area contributed by atoms with Crippen LogP contribution in [0.3, 0.4) is 0 Å². The monoisotopic (exact) mass is 329 g/mol. The number of hydrogen-bond donors (Lipinski definition) is 2. The van der Waals surface area contributed by atoms with E-state index in [0.717, 1.165) is 16.9 Å². The van der Waals surface area contributed by atoms with Crippen LogP contribution in [0.15, 0.2) is 48.5 Å². The molecule has 2 rings (SSSR count). The predicted octanol–water partition coefficient (Wildman–Crippen LogP) is 3.02. The summed E-state index contributed by atoms with van der Waals surface area (Å²) in [6.07, 6.45) is -0.506. The number of phenols is 1. The predicted molar refractivity (Wildman–Crippen MR) is 96.7 cm³/mol. The van der Waals surface area contributed by atoms with Gasteiger partial charge in [-0.15, -0.1) is 0 Å². The molecular formula is C20H27NO3. The van der Waals surface area contributed by atoms with Gasteiger partial charge >= 0.3 is 0 Å². The Kier molecular flexibility index (Phi) is 5.86. The smallest absolute Gasteiger partial charge is 0.119 e. The Morgan fingerprint density at radius 3 is 1.96 bits per heavy atom. The van der Waals surface area contributed by atoms with Gasteiger partial charge in [-0.2, -0.15) is 0 Å². The third kappa shape index (κ3) is 4.73. The number of rotatable bonds is 7. The summed E-state index contributed by atoms with van der Waals surface area (Å²) in [5.41, 5.74) is 2.13. The Bertz CT molecular complexity index is 633. The van der Waals surface area contributed by atoms with Gasteiger partial charge in [-0.05, 0) is 49.5 Å². The normalized spacial score (nSPS) is 13.1. The summed E-state index contributed by atoms with van der Waals surface area (Å²) in [7, 11) is 3.84. The molecule has 1 atom stereocenters. The Morgan fingerprint density at radius 1 is 0.958 bits per heavy atom. The first kappa shape index (κ1) is 18.3. The van der Waals surface area contributed by atoms with Crippen LogP contribution in [0.2, 0.25) is 0 Å². The average molecular weight is 329 g/mol. The lowest BCUT2D eigenvalue weighted by Crippen LogP contribution is -2.30. The quantitative estimate of drug-likeness (QED) is 0.820. The van der Waals surface area contributed by atoms with E-state index in [1.54, 1.807) is 12.1 Å². The first-order chi connectivity index (χ1) is 11.3. The fourth-order valence-electron chi connectivity index (χ4n) is 2.68. The molecule has 4 heteroatoms. The molecule has 24 heavy (non-hydrogen) atoms. The minimum absolute atomic E-state index is 0.170. The van der Waals surface area contributed by atoms with Crippen molar-refractivity contribution >= 4 is 0 Å². The van der Waals surface area contributed by atoms with E-state index < -0.39 is 6.10 Å². The zero-order valence-electron chi connectivity index (χ0n) is 14.9. The third-order valence-corrected chi connectivity index (χ3v) is 4.18. The lowest BCUT2D eigenvalue weighted by Gasteiger charge is -2.26. The molecule has 0 bridgehead atoms. The number of aliphatic hydroxyl groups is 1. The topological polar surface area (TPSA) is 52.9 Å². The number of phenolic OH excluding ortho intramolecular Hbond substituents is 1. The summed E-state index contributed by atoms with van der Waals surface area (Å²) in [4.78, 5) is 1.93. The van der Waals surface area contributed by atoms with Gasteiger partial charge < -0.3 is 19.8 Å². The molecule has 0 aliphatic heterocycles. The van der Waals surface area contributed by atoms with Crippen molar-refractivity contribution in [2.75, 3.05) is 27.2 Å². The molecule has 0 aromatic heterocycles. The molecule has 0 aliphatic carbocycles. The highest BCUT2D eigenvalue weighted by Gasteiger charge is 2.23. The van der Waals surface area contributed by atoms with Gasteiger partial charge in [0.15, 0.2) is 0 Å². The summed E-state index contributed by atoms with van der Waals surface area (Å²) in [6, 6.07) is 15.2. The molecule has 0 radical (unpaired) electrons. The number of hydrogen-bond acceptors (Lipinski definition) is 4. The fraction of sp³-hybridized carbons (Fsp3) is 0.400. The molecule has 0 fully saturated rings. The highest BCUT2D eigenvalue weighted by atomic mass is 16.5. The van der Waals surface area contributed by atoms with Gasteiger partial charge in [-0.1, -0.05) is 38.1 Å². The van der Waals surface area contributed by atoms with Crippen molar-refractivity contribution in [2.45, 2.75) is 25.4 Å². The lowest BCUT2D eigenvalue weighted by atomic mass is 9.78. The molecule has 4 nitrogen and oxygen atoms in total. The van der Waals surface area contributed by atoms with Crippen LogP contribution in [-0.2, 0) is 5.41 Å². The van der Waals surface area contributed by atoms with Gasteiger partial charge in [0.2, 0.25) is 0 Å². The van der Waals surface area contributed by atoms with Crippen molar-refractivity contribution in [3.8, 4) is 11.5 Å². The second kappa shape index (κ2) is 7.69. The Balaban J connectivity index is 2.04. The van der Waals surface area contributed by atoms with Crippen LogP contribution in [0.25, 0.3) is 0 Å². The maximum absolute atomic E-state index is 9.85. The SMILES string of the molecule is CN(C)CC(O)COc1ccc(C(C)(C)c2ccc(O)cc2)cc1. The number of nitrogens with zero attached hydrogens (tertiary/aromatic N) is 1. The van der Waals surface area contributed by atoms with E-state index >= 15 is 0 Å². The van der Waals surface area contributed by atoms with Crippen LogP contribution in [0.5, 0.6) is 11.5 Å². The molecular weight excluding hydrogens is 302 g/mol. The second-order valence-corrected chi connectivity index (χ2v) is 6.92. The largest absolute Gasteiger partial charge is 0.508 e. The Labute approximate surface area is 144 Å². The van der Waals surface area contributed by atoms with Crippen molar-refractivity contribution in [1.82, 2.24) is 4.90 Å². The van der Waals surface area contributed by atoms with Crippen molar-refractivity contribution in [3.05, 3.63) is 59.7 Å². The van der Waals surface area contributed by atoms with E-state index in [0.29, 0.717) is 6.54 Å².